The quantitative estimate of drug-likeness (QED) is 0.600. The van der Waals surface area contributed by atoms with Gasteiger partial charge in [0.1, 0.15) is 0 Å². The molecule has 1 aromatic heterocycles. The van der Waals surface area contributed by atoms with E-state index >= 15 is 0 Å². The van der Waals surface area contributed by atoms with Crippen LogP contribution in [0, 0.1) is 0 Å². The minimum Gasteiger partial charge on any atom is -0.314 e. The highest BCUT2D eigenvalue weighted by Gasteiger charge is 2.08. The first-order valence-corrected chi connectivity index (χ1v) is 7.99. The van der Waals surface area contributed by atoms with Crippen LogP contribution in [0.4, 0.5) is 0 Å². The molecule has 0 radical (unpaired) electrons. The second kappa shape index (κ2) is 11.0. The summed E-state index contributed by atoms with van der Waals surface area (Å²) in [7, 11) is 0. The maximum absolute atomic E-state index is 4.21. The van der Waals surface area contributed by atoms with Crippen molar-refractivity contribution in [1.82, 2.24) is 10.3 Å². The van der Waals surface area contributed by atoms with Crippen molar-refractivity contribution in [3.8, 4) is 0 Å². The Hall–Kier alpha value is -0.890. The summed E-state index contributed by atoms with van der Waals surface area (Å²) in [4.78, 5) is 4.21. The van der Waals surface area contributed by atoms with E-state index in [1.807, 2.05) is 18.5 Å². The van der Waals surface area contributed by atoms with Gasteiger partial charge in [0.25, 0.3) is 0 Å². The molecule has 0 fully saturated rings. The van der Waals surface area contributed by atoms with E-state index in [2.05, 4.69) is 30.2 Å². The molecule has 0 aliphatic rings. The highest BCUT2D eigenvalue weighted by atomic mass is 14.9. The zero-order valence-corrected chi connectivity index (χ0v) is 12.7. The van der Waals surface area contributed by atoms with Gasteiger partial charge in [0, 0.05) is 18.4 Å². The second-order valence-electron chi connectivity index (χ2n) is 5.42. The fraction of sp³-hybridized carbons (Fsp3) is 0.706. The number of unbranched alkanes of at least 4 members (excludes halogenated alkanes) is 4. The van der Waals surface area contributed by atoms with Crippen molar-refractivity contribution < 1.29 is 0 Å². The summed E-state index contributed by atoms with van der Waals surface area (Å²) in [6.07, 6.45) is 14.3. The van der Waals surface area contributed by atoms with Crippen LogP contribution in [-0.4, -0.2) is 17.6 Å². The minimum absolute atomic E-state index is 0.616. The lowest BCUT2D eigenvalue weighted by Gasteiger charge is -2.18. The van der Waals surface area contributed by atoms with Crippen molar-refractivity contribution in [3.63, 3.8) is 0 Å². The van der Waals surface area contributed by atoms with Gasteiger partial charge in [-0.2, -0.15) is 0 Å². The van der Waals surface area contributed by atoms with Gasteiger partial charge in [-0.15, -0.1) is 0 Å². The normalized spacial score (nSPS) is 12.5. The molecule has 0 aliphatic carbocycles. The Morgan fingerprint density at radius 2 is 1.95 bits per heavy atom. The summed E-state index contributed by atoms with van der Waals surface area (Å²) < 4.78 is 0. The van der Waals surface area contributed by atoms with E-state index in [1.54, 1.807) is 0 Å². The zero-order valence-electron chi connectivity index (χ0n) is 12.7. The summed E-state index contributed by atoms with van der Waals surface area (Å²) in [6.45, 7) is 5.63. The van der Waals surface area contributed by atoms with Crippen molar-refractivity contribution in [1.29, 1.82) is 0 Å². The maximum atomic E-state index is 4.21. The molecule has 1 rings (SSSR count). The third kappa shape index (κ3) is 7.99. The van der Waals surface area contributed by atoms with E-state index in [0.717, 1.165) is 13.0 Å². The topological polar surface area (TPSA) is 24.9 Å². The molecule has 1 atom stereocenters. The summed E-state index contributed by atoms with van der Waals surface area (Å²) in [5.41, 5.74) is 1.35. The molecule has 0 saturated carbocycles. The van der Waals surface area contributed by atoms with Crippen molar-refractivity contribution in [2.45, 2.75) is 71.3 Å². The molecule has 1 N–H and O–H groups in total. The summed E-state index contributed by atoms with van der Waals surface area (Å²) in [5, 5.41) is 3.68. The van der Waals surface area contributed by atoms with Gasteiger partial charge in [-0.25, -0.2) is 0 Å². The first-order chi connectivity index (χ1) is 9.36. The molecular weight excluding hydrogens is 232 g/mol. The van der Waals surface area contributed by atoms with E-state index in [1.165, 1.54) is 50.5 Å². The molecule has 1 unspecified atom stereocenters. The van der Waals surface area contributed by atoms with Crippen LogP contribution in [0.2, 0.25) is 0 Å². The average Bonchev–Trinajstić information content (AvgIpc) is 2.45. The fourth-order valence-electron chi connectivity index (χ4n) is 2.42. The Morgan fingerprint density at radius 3 is 2.63 bits per heavy atom. The van der Waals surface area contributed by atoms with Gasteiger partial charge in [0.05, 0.1) is 0 Å². The van der Waals surface area contributed by atoms with Crippen molar-refractivity contribution in [3.05, 3.63) is 30.1 Å². The number of rotatable bonds is 11. The third-order valence-electron chi connectivity index (χ3n) is 3.54. The predicted molar refractivity (Wildman–Crippen MR) is 83.4 cm³/mol. The standard InChI is InChI=1S/C17H30N2/c1-3-5-6-7-8-11-17(19-12-4-2)14-16-10-9-13-18-15-16/h9-10,13,15,17,19H,3-8,11-12,14H2,1-2H3. The highest BCUT2D eigenvalue weighted by molar-refractivity contribution is 5.10. The van der Waals surface area contributed by atoms with E-state index in [-0.39, 0.29) is 0 Å². The molecule has 2 nitrogen and oxygen atoms in total. The lowest BCUT2D eigenvalue weighted by molar-refractivity contribution is 0.451. The molecule has 0 amide bonds. The van der Waals surface area contributed by atoms with Crippen molar-refractivity contribution >= 4 is 0 Å². The molecule has 1 heterocycles. The summed E-state index contributed by atoms with van der Waals surface area (Å²) in [6, 6.07) is 4.84. The van der Waals surface area contributed by atoms with Gasteiger partial charge in [0.2, 0.25) is 0 Å². The fourth-order valence-corrected chi connectivity index (χ4v) is 2.42. The molecule has 0 aliphatic heterocycles. The van der Waals surface area contributed by atoms with Gasteiger partial charge >= 0.3 is 0 Å². The Labute approximate surface area is 119 Å². The number of pyridine rings is 1. The van der Waals surface area contributed by atoms with E-state index in [0.29, 0.717) is 6.04 Å². The number of nitrogens with one attached hydrogen (secondary N) is 1. The molecule has 2 heteroatoms. The first-order valence-electron chi connectivity index (χ1n) is 7.99. The van der Waals surface area contributed by atoms with Gasteiger partial charge in [0.15, 0.2) is 0 Å². The molecule has 0 saturated heterocycles. The van der Waals surface area contributed by atoms with Gasteiger partial charge in [-0.1, -0.05) is 52.0 Å². The number of hydrogen-bond donors (Lipinski definition) is 1. The van der Waals surface area contributed by atoms with Crippen molar-refractivity contribution in [2.75, 3.05) is 6.54 Å². The smallest absolute Gasteiger partial charge is 0.0300 e. The average molecular weight is 262 g/mol. The SMILES string of the molecule is CCCCCCCC(Cc1cccnc1)NCCC. The number of nitrogens with zero attached hydrogens (tertiary/aromatic N) is 1. The molecule has 108 valence electrons. The van der Waals surface area contributed by atoms with Crippen LogP contribution in [-0.2, 0) is 6.42 Å². The van der Waals surface area contributed by atoms with Crippen LogP contribution in [0.5, 0.6) is 0 Å². The minimum atomic E-state index is 0.616. The molecule has 0 aromatic carbocycles. The number of hydrogen-bond acceptors (Lipinski definition) is 2. The van der Waals surface area contributed by atoms with Crippen LogP contribution in [0.25, 0.3) is 0 Å². The second-order valence-corrected chi connectivity index (χ2v) is 5.42. The number of aromatic nitrogens is 1. The largest absolute Gasteiger partial charge is 0.314 e. The first kappa shape index (κ1) is 16.2. The van der Waals surface area contributed by atoms with Gasteiger partial charge in [-0.05, 0) is 37.4 Å². The van der Waals surface area contributed by atoms with E-state index in [4.69, 9.17) is 0 Å². The van der Waals surface area contributed by atoms with Crippen LogP contribution in [0.1, 0.15) is 64.4 Å². The maximum Gasteiger partial charge on any atom is 0.0300 e. The Morgan fingerprint density at radius 1 is 1.11 bits per heavy atom. The van der Waals surface area contributed by atoms with Crippen LogP contribution >= 0.6 is 0 Å². The van der Waals surface area contributed by atoms with Gasteiger partial charge < -0.3 is 5.32 Å². The van der Waals surface area contributed by atoms with Crippen molar-refractivity contribution in [2.24, 2.45) is 0 Å². The molecular formula is C17H30N2. The molecule has 1 aromatic rings. The zero-order chi connectivity index (χ0) is 13.8. The molecule has 0 spiro atoms. The Kier molecular flexibility index (Phi) is 9.34. The lowest BCUT2D eigenvalue weighted by Crippen LogP contribution is -2.31. The van der Waals surface area contributed by atoms with Crippen LogP contribution in [0.15, 0.2) is 24.5 Å². The summed E-state index contributed by atoms with van der Waals surface area (Å²) >= 11 is 0. The lowest BCUT2D eigenvalue weighted by atomic mass is 10.0. The third-order valence-corrected chi connectivity index (χ3v) is 3.54. The van der Waals surface area contributed by atoms with E-state index < -0.39 is 0 Å². The summed E-state index contributed by atoms with van der Waals surface area (Å²) in [5.74, 6) is 0. The monoisotopic (exact) mass is 262 g/mol. The van der Waals surface area contributed by atoms with Crippen LogP contribution in [0.3, 0.4) is 0 Å². The van der Waals surface area contributed by atoms with Gasteiger partial charge in [-0.3, -0.25) is 4.98 Å². The Balaban J connectivity index is 2.30. The Bertz CT molecular complexity index is 297. The van der Waals surface area contributed by atoms with Crippen LogP contribution < -0.4 is 5.32 Å². The predicted octanol–water partition coefficient (Wildman–Crippen LogP) is 4.35. The molecule has 19 heavy (non-hydrogen) atoms. The molecule has 0 bridgehead atoms. The van der Waals surface area contributed by atoms with E-state index in [9.17, 15) is 0 Å². The highest BCUT2D eigenvalue weighted by Crippen LogP contribution is 2.11.